The maximum atomic E-state index is 11.7. The number of aryl methyl sites for hydroxylation is 2. The number of nitrogens with one attached hydrogen (secondary N) is 1. The van der Waals surface area contributed by atoms with E-state index in [-0.39, 0.29) is 18.4 Å². The van der Waals surface area contributed by atoms with Gasteiger partial charge in [0.15, 0.2) is 5.13 Å². The molecule has 0 unspecified atom stereocenters. The van der Waals surface area contributed by atoms with Crippen LogP contribution in [0, 0.1) is 6.92 Å². The van der Waals surface area contributed by atoms with Crippen molar-refractivity contribution in [1.82, 2.24) is 9.88 Å². The van der Waals surface area contributed by atoms with E-state index in [9.17, 15) is 9.59 Å². The summed E-state index contributed by atoms with van der Waals surface area (Å²) in [6.07, 6.45) is 2.02. The van der Waals surface area contributed by atoms with Crippen molar-refractivity contribution in [3.8, 4) is 0 Å². The minimum absolute atomic E-state index is 0.00899. The molecule has 0 atom stereocenters. The number of thiazole rings is 1. The van der Waals surface area contributed by atoms with Crippen LogP contribution in [0.5, 0.6) is 0 Å². The number of likely N-dealkylation sites (N-methyl/N-ethyl adjacent to an activating group) is 1. The summed E-state index contributed by atoms with van der Waals surface area (Å²) >= 11 is 1.44. The number of rotatable bonds is 5. The minimum atomic E-state index is -0.283. The molecule has 2 amide bonds. The third-order valence-corrected chi connectivity index (χ3v) is 3.33. The molecule has 1 heterocycles. The quantitative estimate of drug-likeness (QED) is 0.824. The zero-order valence-electron chi connectivity index (χ0n) is 10.8. The average molecular weight is 267 g/mol. The molecular weight excluding hydrogens is 250 g/mol. The second kappa shape index (κ2) is 6.30. The van der Waals surface area contributed by atoms with E-state index in [2.05, 4.69) is 16.9 Å². The Bertz CT molecular complexity index is 468. The maximum absolute atomic E-state index is 11.7. The number of hydrogen-bond donors (Lipinski definition) is 1. The van der Waals surface area contributed by atoms with Crippen LogP contribution in [0.2, 0.25) is 0 Å². The van der Waals surface area contributed by atoms with E-state index in [4.69, 9.17) is 0 Å². The molecule has 18 heavy (non-hydrogen) atoms. The number of amides is 2. The summed E-state index contributed by atoms with van der Waals surface area (Å²) < 4.78 is 0. The molecule has 0 fully saturated rings. The van der Waals surface area contributed by atoms with Crippen molar-refractivity contribution in [3.63, 3.8) is 0 Å². The smallest absolute Gasteiger partial charge is 0.246 e. The first-order chi connectivity index (χ1) is 8.47. The molecular formula is C12H17N3O2S. The Labute approximate surface area is 111 Å². The van der Waals surface area contributed by atoms with Crippen LogP contribution in [0.25, 0.3) is 0 Å². The molecule has 0 radical (unpaired) electrons. The van der Waals surface area contributed by atoms with Gasteiger partial charge in [-0.05, 0) is 19.4 Å². The maximum Gasteiger partial charge on any atom is 0.246 e. The van der Waals surface area contributed by atoms with E-state index in [1.807, 2.05) is 13.8 Å². The molecule has 6 heteroatoms. The zero-order valence-corrected chi connectivity index (χ0v) is 11.6. The van der Waals surface area contributed by atoms with Crippen molar-refractivity contribution in [2.24, 2.45) is 0 Å². The molecule has 0 saturated carbocycles. The van der Waals surface area contributed by atoms with Crippen LogP contribution in [-0.2, 0) is 16.0 Å². The highest BCUT2D eigenvalue weighted by atomic mass is 32.1. The lowest BCUT2D eigenvalue weighted by molar-refractivity contribution is -0.129. The Morgan fingerprint density at radius 3 is 2.72 bits per heavy atom. The highest BCUT2D eigenvalue weighted by molar-refractivity contribution is 7.15. The van der Waals surface area contributed by atoms with Crippen molar-refractivity contribution < 1.29 is 9.59 Å². The van der Waals surface area contributed by atoms with Gasteiger partial charge in [-0.25, -0.2) is 4.98 Å². The first-order valence-corrected chi connectivity index (χ1v) is 6.43. The van der Waals surface area contributed by atoms with E-state index in [0.717, 1.165) is 17.0 Å². The summed E-state index contributed by atoms with van der Waals surface area (Å²) in [4.78, 5) is 29.6. The van der Waals surface area contributed by atoms with Gasteiger partial charge in [0.25, 0.3) is 0 Å². The highest BCUT2D eigenvalue weighted by Gasteiger charge is 2.12. The van der Waals surface area contributed by atoms with Gasteiger partial charge < -0.3 is 10.2 Å². The lowest BCUT2D eigenvalue weighted by atomic mass is 10.3. The van der Waals surface area contributed by atoms with Crippen LogP contribution in [0.4, 0.5) is 5.13 Å². The van der Waals surface area contributed by atoms with Crippen LogP contribution < -0.4 is 5.32 Å². The predicted molar refractivity (Wildman–Crippen MR) is 72.7 cm³/mol. The lowest BCUT2D eigenvalue weighted by Gasteiger charge is -2.13. The lowest BCUT2D eigenvalue weighted by Crippen LogP contribution is -2.33. The number of anilines is 1. The molecule has 0 bridgehead atoms. The van der Waals surface area contributed by atoms with Crippen LogP contribution in [0.15, 0.2) is 12.7 Å². The van der Waals surface area contributed by atoms with Crippen molar-refractivity contribution in [2.45, 2.75) is 20.3 Å². The van der Waals surface area contributed by atoms with Gasteiger partial charge in [-0.3, -0.25) is 9.59 Å². The predicted octanol–water partition coefficient (Wildman–Crippen LogP) is 1.60. The van der Waals surface area contributed by atoms with E-state index in [1.54, 1.807) is 7.05 Å². The molecule has 1 rings (SSSR count). The number of hydrogen-bond acceptors (Lipinski definition) is 4. The molecule has 0 aromatic carbocycles. The van der Waals surface area contributed by atoms with E-state index < -0.39 is 0 Å². The largest absolute Gasteiger partial charge is 0.333 e. The Balaban J connectivity index is 2.59. The average Bonchev–Trinajstić information content (AvgIpc) is 2.67. The molecule has 0 spiro atoms. The standard InChI is InChI=1S/C12H17N3O2S/c1-5-9-8(3)18-12(13-9)14-10(16)7-15(4)11(17)6-2/h6H,2,5,7H2,1,3-4H3,(H,13,14,16). The van der Waals surface area contributed by atoms with Crippen molar-refractivity contribution in [2.75, 3.05) is 18.9 Å². The highest BCUT2D eigenvalue weighted by Crippen LogP contribution is 2.22. The van der Waals surface area contributed by atoms with Gasteiger partial charge in [0, 0.05) is 11.9 Å². The van der Waals surface area contributed by atoms with Gasteiger partial charge in [-0.1, -0.05) is 13.5 Å². The normalized spacial score (nSPS) is 9.94. The molecule has 1 aromatic rings. The number of carbonyl (C=O) groups excluding carboxylic acids is 2. The summed E-state index contributed by atoms with van der Waals surface area (Å²) in [5.41, 5.74) is 0.992. The molecule has 1 N–H and O–H groups in total. The van der Waals surface area contributed by atoms with Gasteiger partial charge in [0.1, 0.15) is 0 Å². The number of nitrogens with zero attached hydrogens (tertiary/aromatic N) is 2. The van der Waals surface area contributed by atoms with Gasteiger partial charge in [-0.15, -0.1) is 11.3 Å². The fourth-order valence-electron chi connectivity index (χ4n) is 1.42. The summed E-state index contributed by atoms with van der Waals surface area (Å²) in [6, 6.07) is 0. The third-order valence-electron chi connectivity index (χ3n) is 2.41. The summed E-state index contributed by atoms with van der Waals surface area (Å²) in [5, 5.41) is 3.27. The van der Waals surface area contributed by atoms with E-state index in [0.29, 0.717) is 5.13 Å². The fraction of sp³-hybridized carbons (Fsp3) is 0.417. The molecule has 98 valence electrons. The van der Waals surface area contributed by atoms with Crippen molar-refractivity contribution in [1.29, 1.82) is 0 Å². The Kier molecular flexibility index (Phi) is 5.03. The monoisotopic (exact) mass is 267 g/mol. The molecule has 0 aliphatic rings. The molecule has 1 aromatic heterocycles. The minimum Gasteiger partial charge on any atom is -0.333 e. The van der Waals surface area contributed by atoms with Crippen LogP contribution in [0.1, 0.15) is 17.5 Å². The SMILES string of the molecule is C=CC(=O)N(C)CC(=O)Nc1nc(CC)c(C)s1. The fourth-order valence-corrected chi connectivity index (χ4v) is 2.34. The second-order valence-corrected chi connectivity index (χ2v) is 5.03. The van der Waals surface area contributed by atoms with Gasteiger partial charge >= 0.3 is 0 Å². The van der Waals surface area contributed by atoms with Crippen molar-refractivity contribution >= 4 is 28.3 Å². The Hall–Kier alpha value is -1.69. The molecule has 5 nitrogen and oxygen atoms in total. The Morgan fingerprint density at radius 2 is 2.22 bits per heavy atom. The van der Waals surface area contributed by atoms with E-state index in [1.165, 1.54) is 22.3 Å². The first kappa shape index (κ1) is 14.4. The van der Waals surface area contributed by atoms with E-state index >= 15 is 0 Å². The second-order valence-electron chi connectivity index (χ2n) is 3.82. The molecule has 0 aliphatic carbocycles. The van der Waals surface area contributed by atoms with Gasteiger partial charge in [-0.2, -0.15) is 0 Å². The van der Waals surface area contributed by atoms with Gasteiger partial charge in [0.05, 0.1) is 12.2 Å². The molecule has 0 aliphatic heterocycles. The number of aromatic nitrogens is 1. The van der Waals surface area contributed by atoms with Crippen LogP contribution in [-0.4, -0.2) is 35.3 Å². The molecule has 0 saturated heterocycles. The first-order valence-electron chi connectivity index (χ1n) is 5.61. The zero-order chi connectivity index (χ0) is 13.7. The third kappa shape index (κ3) is 3.66. The number of carbonyl (C=O) groups is 2. The summed E-state index contributed by atoms with van der Waals surface area (Å²) in [7, 11) is 1.55. The summed E-state index contributed by atoms with van der Waals surface area (Å²) in [5.74, 6) is -0.543. The topological polar surface area (TPSA) is 62.3 Å². The van der Waals surface area contributed by atoms with Crippen molar-refractivity contribution in [3.05, 3.63) is 23.2 Å². The van der Waals surface area contributed by atoms with Crippen LogP contribution in [0.3, 0.4) is 0 Å². The van der Waals surface area contributed by atoms with Crippen LogP contribution >= 0.6 is 11.3 Å². The Morgan fingerprint density at radius 1 is 1.56 bits per heavy atom. The van der Waals surface area contributed by atoms with Gasteiger partial charge in [0.2, 0.25) is 11.8 Å². The summed E-state index contributed by atoms with van der Waals surface area (Å²) in [6.45, 7) is 7.35.